The highest BCUT2D eigenvalue weighted by molar-refractivity contribution is 6.36. The van der Waals surface area contributed by atoms with Gasteiger partial charge in [-0.05, 0) is 63.5 Å². The zero-order chi connectivity index (χ0) is 19.7. The predicted octanol–water partition coefficient (Wildman–Crippen LogP) is 5.12. The minimum absolute atomic E-state index is 0.117. The molecule has 28 heavy (non-hydrogen) atoms. The maximum Gasteiger partial charge on any atom is 0.253 e. The average molecular weight is 407 g/mol. The van der Waals surface area contributed by atoms with Crippen LogP contribution in [-0.2, 0) is 11.3 Å². The molecule has 2 saturated carbocycles. The summed E-state index contributed by atoms with van der Waals surface area (Å²) in [6, 6.07) is 5.70. The van der Waals surface area contributed by atoms with Crippen LogP contribution >= 0.6 is 11.6 Å². The molecule has 0 unspecified atom stereocenters. The monoisotopic (exact) mass is 406 g/mol. The fourth-order valence-electron chi connectivity index (χ4n) is 4.03. The number of carbonyl (C=O) groups excluding carboxylic acids is 1. The Morgan fingerprint density at radius 2 is 2.07 bits per heavy atom. The van der Waals surface area contributed by atoms with Gasteiger partial charge in [-0.1, -0.05) is 17.7 Å². The molecule has 0 aliphatic heterocycles. The Morgan fingerprint density at radius 1 is 1.32 bits per heavy atom. The molecule has 2 fully saturated rings. The van der Waals surface area contributed by atoms with E-state index in [-0.39, 0.29) is 5.91 Å². The van der Waals surface area contributed by atoms with Gasteiger partial charge in [-0.2, -0.15) is 0 Å². The number of nitrogens with zero attached hydrogens (tertiary/aromatic N) is 1. The van der Waals surface area contributed by atoms with Crippen molar-refractivity contribution in [2.75, 3.05) is 13.2 Å². The molecule has 4 rings (SSSR count). The van der Waals surface area contributed by atoms with E-state index in [0.717, 1.165) is 36.6 Å². The number of hydrogen-bond acceptors (Lipinski definition) is 2. The average Bonchev–Trinajstić information content (AvgIpc) is 3.41. The third kappa shape index (κ3) is 4.52. The summed E-state index contributed by atoms with van der Waals surface area (Å²) in [6.45, 7) is 3.58. The van der Waals surface area contributed by atoms with Crippen LogP contribution in [0.3, 0.4) is 0 Å². The van der Waals surface area contributed by atoms with E-state index in [1.807, 2.05) is 29.0 Å². The summed E-state index contributed by atoms with van der Waals surface area (Å²) in [6.07, 6.45) is 7.35. The topological polar surface area (TPSA) is 43.3 Å². The second-order valence-electron chi connectivity index (χ2n) is 8.51. The van der Waals surface area contributed by atoms with Crippen LogP contribution in [0.4, 0.5) is 4.39 Å². The Kier molecular flexibility index (Phi) is 5.66. The molecule has 0 spiro atoms. The van der Waals surface area contributed by atoms with Gasteiger partial charge in [0.05, 0.1) is 28.8 Å². The Balaban J connectivity index is 1.45. The van der Waals surface area contributed by atoms with Crippen LogP contribution in [0.25, 0.3) is 10.9 Å². The van der Waals surface area contributed by atoms with Crippen LogP contribution in [0.2, 0.25) is 5.02 Å². The van der Waals surface area contributed by atoms with E-state index < -0.39 is 5.67 Å². The number of fused-ring (bicyclic) bond motifs is 1. The standard InChI is InChI=1S/C22H28ClFN2O2/c1-22(24)9-7-15(8-10-22)13-25-21(27)17-14-26(11-12-28-16-5-6-16)19-4-2-3-18(23)20(17)19/h2-4,14-16H,5-13H2,1H3,(H,25,27). The van der Waals surface area contributed by atoms with Crippen LogP contribution in [0.1, 0.15) is 55.8 Å². The number of amides is 1. The van der Waals surface area contributed by atoms with Crippen molar-refractivity contribution in [2.24, 2.45) is 5.92 Å². The molecule has 2 aliphatic rings. The van der Waals surface area contributed by atoms with Crippen molar-refractivity contribution in [2.45, 2.75) is 63.8 Å². The SMILES string of the molecule is CC1(F)CCC(CNC(=O)c2cn(CCOC3CC3)c3cccc(Cl)c23)CC1. The van der Waals surface area contributed by atoms with Gasteiger partial charge in [-0.25, -0.2) is 4.39 Å². The van der Waals surface area contributed by atoms with Crippen molar-refractivity contribution < 1.29 is 13.9 Å². The summed E-state index contributed by atoms with van der Waals surface area (Å²) in [5.41, 5.74) is 0.491. The number of hydrogen-bond donors (Lipinski definition) is 1. The summed E-state index contributed by atoms with van der Waals surface area (Å²) in [5.74, 6) is 0.220. The van der Waals surface area contributed by atoms with E-state index in [2.05, 4.69) is 5.32 Å². The zero-order valence-electron chi connectivity index (χ0n) is 16.3. The molecule has 0 radical (unpaired) electrons. The fraction of sp³-hybridized carbons (Fsp3) is 0.591. The van der Waals surface area contributed by atoms with Crippen molar-refractivity contribution in [3.05, 3.63) is 35.0 Å². The number of nitrogens with one attached hydrogen (secondary N) is 1. The lowest BCUT2D eigenvalue weighted by Gasteiger charge is -2.31. The Bertz CT molecular complexity index is 850. The van der Waals surface area contributed by atoms with Crippen molar-refractivity contribution >= 4 is 28.4 Å². The lowest BCUT2D eigenvalue weighted by molar-refractivity contribution is 0.0893. The number of aromatic nitrogens is 1. The molecular formula is C22H28ClFN2O2. The quantitative estimate of drug-likeness (QED) is 0.693. The highest BCUT2D eigenvalue weighted by atomic mass is 35.5. The Morgan fingerprint density at radius 3 is 2.79 bits per heavy atom. The van der Waals surface area contributed by atoms with E-state index in [4.69, 9.17) is 16.3 Å². The molecule has 0 atom stereocenters. The van der Waals surface area contributed by atoms with Gasteiger partial charge < -0.3 is 14.6 Å². The second-order valence-corrected chi connectivity index (χ2v) is 8.91. The van der Waals surface area contributed by atoms with E-state index in [9.17, 15) is 9.18 Å². The zero-order valence-corrected chi connectivity index (χ0v) is 17.1. The molecular weight excluding hydrogens is 379 g/mol. The molecule has 1 heterocycles. The maximum absolute atomic E-state index is 14.0. The molecule has 152 valence electrons. The van der Waals surface area contributed by atoms with Crippen molar-refractivity contribution in [3.63, 3.8) is 0 Å². The summed E-state index contributed by atoms with van der Waals surface area (Å²) in [5, 5.41) is 4.41. The van der Waals surface area contributed by atoms with E-state index in [1.54, 1.807) is 6.92 Å². The first kappa shape index (κ1) is 19.7. The summed E-state index contributed by atoms with van der Waals surface area (Å²) >= 11 is 6.43. The van der Waals surface area contributed by atoms with Gasteiger partial charge in [0.15, 0.2) is 0 Å². The molecule has 0 saturated heterocycles. The number of ether oxygens (including phenoxy) is 1. The first-order valence-corrected chi connectivity index (χ1v) is 10.7. The van der Waals surface area contributed by atoms with Gasteiger partial charge in [0.25, 0.3) is 5.91 Å². The molecule has 4 nitrogen and oxygen atoms in total. The largest absolute Gasteiger partial charge is 0.376 e. The highest BCUT2D eigenvalue weighted by Gasteiger charge is 2.31. The van der Waals surface area contributed by atoms with Crippen LogP contribution in [-0.4, -0.2) is 35.4 Å². The molecule has 1 aromatic heterocycles. The number of benzene rings is 1. The van der Waals surface area contributed by atoms with Crippen molar-refractivity contribution in [3.8, 4) is 0 Å². The smallest absolute Gasteiger partial charge is 0.253 e. The first-order valence-electron chi connectivity index (χ1n) is 10.3. The third-order valence-corrected chi connectivity index (χ3v) is 6.32. The van der Waals surface area contributed by atoms with Crippen LogP contribution in [0.15, 0.2) is 24.4 Å². The van der Waals surface area contributed by atoms with Gasteiger partial charge in [0.1, 0.15) is 5.67 Å². The predicted molar refractivity (Wildman–Crippen MR) is 110 cm³/mol. The molecule has 2 aromatic rings. The first-order chi connectivity index (χ1) is 13.4. The molecule has 2 aliphatic carbocycles. The van der Waals surface area contributed by atoms with Crippen molar-refractivity contribution in [1.29, 1.82) is 0 Å². The van der Waals surface area contributed by atoms with E-state index >= 15 is 0 Å². The number of rotatable bonds is 7. The van der Waals surface area contributed by atoms with E-state index in [0.29, 0.717) is 55.1 Å². The van der Waals surface area contributed by atoms with Crippen molar-refractivity contribution in [1.82, 2.24) is 9.88 Å². The van der Waals surface area contributed by atoms with Gasteiger partial charge >= 0.3 is 0 Å². The summed E-state index contributed by atoms with van der Waals surface area (Å²) < 4.78 is 21.8. The minimum Gasteiger partial charge on any atom is -0.376 e. The highest BCUT2D eigenvalue weighted by Crippen LogP contribution is 2.34. The molecule has 0 bridgehead atoms. The second kappa shape index (κ2) is 8.03. The van der Waals surface area contributed by atoms with Crippen LogP contribution < -0.4 is 5.32 Å². The molecule has 6 heteroatoms. The molecule has 1 amide bonds. The van der Waals surface area contributed by atoms with Gasteiger partial charge in [-0.3, -0.25) is 4.79 Å². The van der Waals surface area contributed by atoms with Crippen LogP contribution in [0, 0.1) is 5.92 Å². The van der Waals surface area contributed by atoms with E-state index in [1.165, 1.54) is 0 Å². The number of carbonyl (C=O) groups is 1. The third-order valence-electron chi connectivity index (χ3n) is 6.01. The summed E-state index contributed by atoms with van der Waals surface area (Å²) in [4.78, 5) is 12.9. The van der Waals surface area contributed by atoms with Crippen LogP contribution in [0.5, 0.6) is 0 Å². The maximum atomic E-state index is 14.0. The molecule has 1 N–H and O–H groups in total. The van der Waals surface area contributed by atoms with Gasteiger partial charge in [0.2, 0.25) is 0 Å². The van der Waals surface area contributed by atoms with Gasteiger partial charge in [0, 0.05) is 24.7 Å². The molecule has 1 aromatic carbocycles. The minimum atomic E-state index is -1.05. The van der Waals surface area contributed by atoms with Gasteiger partial charge in [-0.15, -0.1) is 0 Å². The lowest BCUT2D eigenvalue weighted by Crippen LogP contribution is -2.34. The Labute approximate surface area is 170 Å². The summed E-state index contributed by atoms with van der Waals surface area (Å²) in [7, 11) is 0. The fourth-order valence-corrected chi connectivity index (χ4v) is 4.31. The normalized spacial score (nSPS) is 25.2. The lowest BCUT2D eigenvalue weighted by atomic mass is 9.81. The Hall–Kier alpha value is -1.59. The number of halogens is 2. The number of alkyl halides is 1.